The largest absolute Gasteiger partial charge is 0.496 e. The van der Waals surface area contributed by atoms with E-state index in [1.165, 1.54) is 13.2 Å². The first-order chi connectivity index (χ1) is 6.74. The molecule has 5 nitrogen and oxygen atoms in total. The second-order valence-corrected chi connectivity index (χ2v) is 3.41. The molecule has 0 fully saturated rings. The molecule has 14 heavy (non-hydrogen) atoms. The van der Waals surface area contributed by atoms with Crippen LogP contribution in [0.25, 0.3) is 10.1 Å². The second-order valence-electron chi connectivity index (χ2n) is 2.61. The van der Waals surface area contributed by atoms with Gasteiger partial charge in [-0.3, -0.25) is 10.1 Å². The zero-order valence-electron chi connectivity index (χ0n) is 7.26. The number of methoxy groups -OCH3 is 1. The highest BCUT2D eigenvalue weighted by Crippen LogP contribution is 2.34. The number of hydrogen-bond acceptors (Lipinski definition) is 5. The van der Waals surface area contributed by atoms with E-state index in [-0.39, 0.29) is 5.69 Å². The van der Waals surface area contributed by atoms with Crippen LogP contribution in [-0.4, -0.2) is 16.4 Å². The van der Waals surface area contributed by atoms with Crippen molar-refractivity contribution in [1.82, 2.24) is 4.37 Å². The average molecular weight is 210 g/mol. The second kappa shape index (κ2) is 3.22. The highest BCUT2D eigenvalue weighted by Gasteiger charge is 2.16. The molecule has 0 spiro atoms. The van der Waals surface area contributed by atoms with Gasteiger partial charge in [-0.1, -0.05) is 0 Å². The van der Waals surface area contributed by atoms with Crippen molar-refractivity contribution in [2.75, 3.05) is 7.11 Å². The van der Waals surface area contributed by atoms with Gasteiger partial charge in [0, 0.05) is 6.07 Å². The summed E-state index contributed by atoms with van der Waals surface area (Å²) in [6, 6.07) is 3.01. The van der Waals surface area contributed by atoms with Crippen LogP contribution in [0.1, 0.15) is 0 Å². The minimum absolute atomic E-state index is 0.0725. The smallest absolute Gasteiger partial charge is 0.288 e. The number of fused-ring (bicyclic) bond motifs is 1. The number of nitro benzene ring substituents is 1. The van der Waals surface area contributed by atoms with Gasteiger partial charge < -0.3 is 4.74 Å². The molecule has 0 radical (unpaired) electrons. The molecule has 2 rings (SSSR count). The molecule has 1 aromatic carbocycles. The number of ether oxygens (including phenoxy) is 1. The van der Waals surface area contributed by atoms with Crippen molar-refractivity contribution in [1.29, 1.82) is 0 Å². The summed E-state index contributed by atoms with van der Waals surface area (Å²) in [6.45, 7) is 0. The Morgan fingerprint density at radius 2 is 2.36 bits per heavy atom. The molecule has 0 atom stereocenters. The minimum Gasteiger partial charge on any atom is -0.496 e. The number of non-ortho nitro benzene ring substituents is 1. The summed E-state index contributed by atoms with van der Waals surface area (Å²) in [5, 5.41) is 11.3. The summed E-state index contributed by atoms with van der Waals surface area (Å²) in [5.74, 6) is 0.611. The molecular formula is C8H6N2O3S. The summed E-state index contributed by atoms with van der Waals surface area (Å²) >= 11 is 1.10. The quantitative estimate of drug-likeness (QED) is 0.563. The van der Waals surface area contributed by atoms with Crippen LogP contribution in [0.3, 0.4) is 0 Å². The number of benzene rings is 1. The molecule has 0 aliphatic carbocycles. The van der Waals surface area contributed by atoms with Crippen molar-refractivity contribution in [3.8, 4) is 5.75 Å². The lowest BCUT2D eigenvalue weighted by Crippen LogP contribution is -1.89. The minimum atomic E-state index is -0.417. The first kappa shape index (κ1) is 8.89. The third-order valence-electron chi connectivity index (χ3n) is 1.88. The van der Waals surface area contributed by atoms with Gasteiger partial charge in [-0.15, -0.1) is 0 Å². The fourth-order valence-corrected chi connectivity index (χ4v) is 1.99. The van der Waals surface area contributed by atoms with Gasteiger partial charge in [-0.25, -0.2) is 0 Å². The van der Waals surface area contributed by atoms with Crippen LogP contribution in [0.15, 0.2) is 18.3 Å². The number of rotatable bonds is 2. The summed E-state index contributed by atoms with van der Waals surface area (Å²) in [5.41, 5.74) is 0.0725. The van der Waals surface area contributed by atoms with Crippen LogP contribution in [0.5, 0.6) is 5.75 Å². The summed E-state index contributed by atoms with van der Waals surface area (Å²) in [6.07, 6.45) is 1.58. The molecule has 0 N–H and O–H groups in total. The van der Waals surface area contributed by atoms with E-state index in [0.29, 0.717) is 15.8 Å². The zero-order valence-corrected chi connectivity index (χ0v) is 8.08. The number of aromatic nitrogens is 1. The van der Waals surface area contributed by atoms with E-state index >= 15 is 0 Å². The maximum atomic E-state index is 10.7. The molecule has 0 amide bonds. The van der Waals surface area contributed by atoms with Crippen molar-refractivity contribution in [3.05, 3.63) is 28.4 Å². The van der Waals surface area contributed by atoms with E-state index in [4.69, 9.17) is 4.74 Å². The molecule has 1 heterocycles. The number of hydrogen-bond donors (Lipinski definition) is 0. The van der Waals surface area contributed by atoms with Crippen molar-refractivity contribution >= 4 is 27.3 Å². The number of nitrogens with zero attached hydrogens (tertiary/aromatic N) is 2. The molecule has 6 heteroatoms. The van der Waals surface area contributed by atoms with Gasteiger partial charge in [0.1, 0.15) is 10.4 Å². The zero-order chi connectivity index (χ0) is 10.1. The van der Waals surface area contributed by atoms with Crippen molar-refractivity contribution in [3.63, 3.8) is 0 Å². The molecule has 0 unspecified atom stereocenters. The SMILES string of the molecule is COc1ccc([N+](=O)[O-])c2sncc12. The predicted octanol–water partition coefficient (Wildman–Crippen LogP) is 2.21. The molecule has 0 saturated carbocycles. The van der Waals surface area contributed by atoms with Crippen LogP contribution in [0.4, 0.5) is 5.69 Å². The lowest BCUT2D eigenvalue weighted by Gasteiger charge is -2.00. The third kappa shape index (κ3) is 1.20. The van der Waals surface area contributed by atoms with Crippen molar-refractivity contribution < 1.29 is 9.66 Å². The maximum Gasteiger partial charge on any atom is 0.288 e. The molecular weight excluding hydrogens is 204 g/mol. The maximum absolute atomic E-state index is 10.7. The Kier molecular flexibility index (Phi) is 2.05. The Bertz CT molecular complexity index is 494. The molecule has 0 saturated heterocycles. The Morgan fingerprint density at radius 1 is 1.57 bits per heavy atom. The standard InChI is InChI=1S/C8H6N2O3S/c1-13-7-3-2-6(10(11)12)8-5(7)4-9-14-8/h2-4H,1H3. The van der Waals surface area contributed by atoms with Gasteiger partial charge in [0.05, 0.1) is 23.6 Å². The predicted molar refractivity (Wildman–Crippen MR) is 52.8 cm³/mol. The van der Waals surface area contributed by atoms with Crippen LogP contribution in [0, 0.1) is 10.1 Å². The molecule has 72 valence electrons. The molecule has 1 aromatic heterocycles. The van der Waals surface area contributed by atoms with E-state index in [2.05, 4.69) is 4.37 Å². The first-order valence-corrected chi connectivity index (χ1v) is 4.57. The van der Waals surface area contributed by atoms with Gasteiger partial charge in [-0.05, 0) is 17.6 Å². The Morgan fingerprint density at radius 3 is 3.00 bits per heavy atom. The van der Waals surface area contributed by atoms with Crippen LogP contribution >= 0.6 is 11.5 Å². The molecule has 0 aliphatic rings. The van der Waals surface area contributed by atoms with E-state index in [1.54, 1.807) is 12.3 Å². The van der Waals surface area contributed by atoms with Crippen LogP contribution in [-0.2, 0) is 0 Å². The van der Waals surface area contributed by atoms with Gasteiger partial charge in [0.2, 0.25) is 0 Å². The summed E-state index contributed by atoms with van der Waals surface area (Å²) < 4.78 is 9.53. The fraction of sp³-hybridized carbons (Fsp3) is 0.125. The summed E-state index contributed by atoms with van der Waals surface area (Å²) in [7, 11) is 1.53. The Labute approximate surface area is 83.2 Å². The highest BCUT2D eigenvalue weighted by atomic mass is 32.1. The molecule has 0 bridgehead atoms. The van der Waals surface area contributed by atoms with E-state index in [0.717, 1.165) is 11.5 Å². The lowest BCUT2D eigenvalue weighted by atomic mass is 10.2. The van der Waals surface area contributed by atoms with E-state index < -0.39 is 4.92 Å². The molecule has 2 aromatic rings. The van der Waals surface area contributed by atoms with Gasteiger partial charge in [-0.2, -0.15) is 4.37 Å². The third-order valence-corrected chi connectivity index (χ3v) is 2.70. The van der Waals surface area contributed by atoms with Crippen molar-refractivity contribution in [2.45, 2.75) is 0 Å². The molecule has 0 aliphatic heterocycles. The first-order valence-electron chi connectivity index (χ1n) is 3.80. The van der Waals surface area contributed by atoms with Gasteiger partial charge in [0.25, 0.3) is 5.69 Å². The highest BCUT2D eigenvalue weighted by molar-refractivity contribution is 7.14. The van der Waals surface area contributed by atoms with Gasteiger partial charge in [0.15, 0.2) is 0 Å². The summed E-state index contributed by atoms with van der Waals surface area (Å²) in [4.78, 5) is 10.2. The van der Waals surface area contributed by atoms with Crippen LogP contribution in [0.2, 0.25) is 0 Å². The fourth-order valence-electron chi connectivity index (χ4n) is 1.24. The van der Waals surface area contributed by atoms with Gasteiger partial charge >= 0.3 is 0 Å². The van der Waals surface area contributed by atoms with E-state index in [9.17, 15) is 10.1 Å². The Balaban J connectivity index is 2.78. The van der Waals surface area contributed by atoms with Crippen LogP contribution < -0.4 is 4.74 Å². The normalized spacial score (nSPS) is 10.4. The van der Waals surface area contributed by atoms with Crippen molar-refractivity contribution in [2.24, 2.45) is 0 Å². The van der Waals surface area contributed by atoms with E-state index in [1.807, 2.05) is 0 Å². The number of nitro groups is 1. The topological polar surface area (TPSA) is 65.3 Å². The average Bonchev–Trinajstić information content (AvgIpc) is 2.64. The lowest BCUT2D eigenvalue weighted by molar-refractivity contribution is -0.382. The monoisotopic (exact) mass is 210 g/mol. The Hall–Kier alpha value is -1.69.